The lowest BCUT2D eigenvalue weighted by Gasteiger charge is -1.96. The highest BCUT2D eigenvalue weighted by Gasteiger charge is 1.83. The van der Waals surface area contributed by atoms with E-state index < -0.39 is 17.2 Å². The number of nitrogens with two attached hydrogens (primary N) is 1. The van der Waals surface area contributed by atoms with Gasteiger partial charge in [-0.15, -0.1) is 0 Å². The maximum atomic E-state index is 9.67. The summed E-state index contributed by atoms with van der Waals surface area (Å²) in [6.07, 6.45) is 1.39. The average molecular weight is 147 g/mol. The monoisotopic (exact) mass is 147 g/mol. The van der Waals surface area contributed by atoms with E-state index in [2.05, 4.69) is 4.40 Å². The van der Waals surface area contributed by atoms with Crippen molar-refractivity contribution in [3.63, 3.8) is 0 Å². The summed E-state index contributed by atoms with van der Waals surface area (Å²) in [4.78, 5) is 0. The van der Waals surface area contributed by atoms with E-state index in [-0.39, 0.29) is 0 Å². The van der Waals surface area contributed by atoms with Crippen molar-refractivity contribution in [2.75, 3.05) is 0 Å². The zero-order valence-corrected chi connectivity index (χ0v) is 5.01. The van der Waals surface area contributed by atoms with Crippen molar-refractivity contribution in [1.29, 1.82) is 5.26 Å². The number of hydrogen-bond acceptors (Lipinski definition) is 3. The fourth-order valence-electron chi connectivity index (χ4n) is 0.160. The molecule has 0 aromatic heterocycles. The first-order valence-corrected chi connectivity index (χ1v) is 2.78. The van der Waals surface area contributed by atoms with Crippen LogP contribution in [0.4, 0.5) is 0 Å². The summed E-state index contributed by atoms with van der Waals surface area (Å²) < 4.78 is 22.1. The molecule has 0 aliphatic rings. The third-order valence-corrected chi connectivity index (χ3v) is 0.703. The first-order chi connectivity index (χ1) is 4.16. The first kappa shape index (κ1) is 7.87. The highest BCUT2D eigenvalue weighted by Crippen LogP contribution is 1.70. The van der Waals surface area contributed by atoms with Crippen LogP contribution in [0.15, 0.2) is 4.40 Å². The molecule has 1 unspecified atom stereocenters. The predicted molar refractivity (Wildman–Crippen MR) is 29.3 cm³/mol. The van der Waals surface area contributed by atoms with Crippen LogP contribution in [-0.4, -0.2) is 14.7 Å². The molecule has 0 aliphatic carbocycles. The van der Waals surface area contributed by atoms with Gasteiger partial charge in [-0.1, -0.05) is 0 Å². The fraction of sp³-hybridized carbons (Fsp3) is 0. The second-order valence-electron chi connectivity index (χ2n) is 0.930. The van der Waals surface area contributed by atoms with Crippen LogP contribution in [0.25, 0.3) is 0 Å². The molecule has 50 valence electrons. The number of nitriles is 1. The fourth-order valence-corrected chi connectivity index (χ4v) is 0.367. The van der Waals surface area contributed by atoms with E-state index in [4.69, 9.17) is 11.0 Å². The van der Waals surface area contributed by atoms with Gasteiger partial charge in [-0.25, -0.2) is 4.21 Å². The van der Waals surface area contributed by atoms with E-state index in [1.54, 1.807) is 0 Å². The second-order valence-corrected chi connectivity index (χ2v) is 1.55. The molecule has 6 nitrogen and oxygen atoms in total. The lowest BCUT2D eigenvalue weighted by atomic mass is 11.0. The quantitative estimate of drug-likeness (QED) is 0.149. The van der Waals surface area contributed by atoms with Crippen molar-refractivity contribution in [2.24, 2.45) is 10.1 Å². The third-order valence-electron chi connectivity index (χ3n) is 0.357. The average Bonchev–Trinajstić information content (AvgIpc) is 1.63. The van der Waals surface area contributed by atoms with Gasteiger partial charge in [0.15, 0.2) is 6.19 Å². The van der Waals surface area contributed by atoms with Crippen molar-refractivity contribution in [3.8, 4) is 6.19 Å². The molecule has 0 amide bonds. The molecule has 0 radical (unpaired) electrons. The molecule has 3 N–H and O–H groups in total. The van der Waals surface area contributed by atoms with E-state index in [9.17, 15) is 8.76 Å². The lowest BCUT2D eigenvalue weighted by molar-refractivity contribution is 0.539. The van der Waals surface area contributed by atoms with Crippen molar-refractivity contribution >= 4 is 17.2 Å². The molecule has 0 spiro atoms. The normalized spacial score (nSPS) is 14.0. The van der Waals surface area contributed by atoms with Gasteiger partial charge in [0, 0.05) is 0 Å². The molecule has 7 heteroatoms. The Morgan fingerprint density at radius 2 is 2.56 bits per heavy atom. The van der Waals surface area contributed by atoms with Crippen LogP contribution in [0.2, 0.25) is 0 Å². The Bertz CT molecular complexity index is 181. The van der Waals surface area contributed by atoms with Crippen LogP contribution in [0, 0.1) is 11.5 Å². The van der Waals surface area contributed by atoms with E-state index in [1.165, 1.54) is 6.19 Å². The minimum atomic E-state index is -2.60. The van der Waals surface area contributed by atoms with Crippen LogP contribution >= 0.6 is 0 Å². The largest absolute Gasteiger partial charge is 0.754 e. The smallest absolute Gasteiger partial charge is 0.215 e. The zero-order valence-electron chi connectivity index (χ0n) is 4.20. The van der Waals surface area contributed by atoms with Gasteiger partial charge in [-0.05, 0) is 0 Å². The lowest BCUT2D eigenvalue weighted by Crippen LogP contribution is -2.27. The molecule has 0 aliphatic heterocycles. The van der Waals surface area contributed by atoms with Gasteiger partial charge in [0.25, 0.3) is 0 Å². The second kappa shape index (κ2) is 3.82. The minimum Gasteiger partial charge on any atom is -0.754 e. The van der Waals surface area contributed by atoms with Gasteiger partial charge in [-0.3, -0.25) is 5.32 Å². The predicted octanol–water partition coefficient (Wildman–Crippen LogP) is -1.83. The van der Waals surface area contributed by atoms with Gasteiger partial charge in [0.2, 0.25) is 5.96 Å². The Labute approximate surface area is 53.8 Å². The summed E-state index contributed by atoms with van der Waals surface area (Å²) in [6, 6.07) is 0. The molecule has 0 bridgehead atoms. The van der Waals surface area contributed by atoms with Crippen molar-refractivity contribution in [1.82, 2.24) is 5.32 Å². The summed E-state index contributed by atoms with van der Waals surface area (Å²) in [5, 5.41) is 9.64. The summed E-state index contributed by atoms with van der Waals surface area (Å²) in [6.45, 7) is 0. The van der Waals surface area contributed by atoms with Crippen LogP contribution in [0.1, 0.15) is 0 Å². The highest BCUT2D eigenvalue weighted by atomic mass is 32.2. The zero-order chi connectivity index (χ0) is 7.28. The van der Waals surface area contributed by atoms with Gasteiger partial charge in [0.05, 0.1) is 11.3 Å². The van der Waals surface area contributed by atoms with E-state index >= 15 is 0 Å². The standard InChI is InChI=1S/C2H4N4O2S/c3-1-5-2(4)6-9(7)8/h(H,7,8)(H3,4,5,6)/p-1. The van der Waals surface area contributed by atoms with Gasteiger partial charge >= 0.3 is 0 Å². The Morgan fingerprint density at radius 1 is 2.00 bits per heavy atom. The summed E-state index contributed by atoms with van der Waals surface area (Å²) in [7, 11) is 0. The van der Waals surface area contributed by atoms with Crippen LogP contribution in [0.5, 0.6) is 0 Å². The minimum absolute atomic E-state index is 0.439. The Morgan fingerprint density at radius 3 is 2.89 bits per heavy atom. The van der Waals surface area contributed by atoms with Gasteiger partial charge in [0.1, 0.15) is 0 Å². The molecule has 0 rings (SSSR count). The third kappa shape index (κ3) is 4.73. The molecule has 0 saturated carbocycles. The van der Waals surface area contributed by atoms with Gasteiger partial charge in [-0.2, -0.15) is 9.66 Å². The van der Waals surface area contributed by atoms with E-state index in [0.717, 1.165) is 0 Å². The first-order valence-electron chi connectivity index (χ1n) is 1.75. The van der Waals surface area contributed by atoms with Gasteiger partial charge < -0.3 is 10.3 Å². The summed E-state index contributed by atoms with van der Waals surface area (Å²) in [5.41, 5.74) is 4.81. The van der Waals surface area contributed by atoms with Crippen LogP contribution in [0.3, 0.4) is 0 Å². The van der Waals surface area contributed by atoms with Crippen molar-refractivity contribution in [3.05, 3.63) is 0 Å². The molecule has 0 fully saturated rings. The number of rotatable bonds is 1. The van der Waals surface area contributed by atoms with Crippen LogP contribution < -0.4 is 11.1 Å². The Hall–Kier alpha value is -1.13. The molecule has 9 heavy (non-hydrogen) atoms. The maximum Gasteiger partial charge on any atom is 0.215 e. The summed E-state index contributed by atoms with van der Waals surface area (Å²) >= 11 is -2.60. The molecule has 1 atom stereocenters. The molecular weight excluding hydrogens is 144 g/mol. The number of nitrogens with zero attached hydrogens (tertiary/aromatic N) is 2. The highest BCUT2D eigenvalue weighted by molar-refractivity contribution is 7.77. The molecular formula is C2H3N4O2S-. The summed E-state index contributed by atoms with van der Waals surface area (Å²) in [5.74, 6) is -0.439. The number of guanidine groups is 1. The number of hydrogen-bond donors (Lipinski definition) is 2. The molecule has 0 heterocycles. The topological polar surface area (TPSA) is 114 Å². The Kier molecular flexibility index (Phi) is 3.34. The molecule has 0 aromatic rings. The maximum absolute atomic E-state index is 9.67. The van der Waals surface area contributed by atoms with Crippen molar-refractivity contribution < 1.29 is 8.76 Å². The Balaban J connectivity index is 3.88. The van der Waals surface area contributed by atoms with E-state index in [0.29, 0.717) is 0 Å². The number of nitrogens with one attached hydrogen (secondary N) is 1. The van der Waals surface area contributed by atoms with Crippen LogP contribution in [-0.2, 0) is 11.3 Å². The SMILES string of the molecule is N#CNC(N)=NS(=O)[O-]. The molecule has 0 aromatic carbocycles. The van der Waals surface area contributed by atoms with Crippen molar-refractivity contribution in [2.45, 2.75) is 0 Å². The molecule has 0 saturated heterocycles. The van der Waals surface area contributed by atoms with E-state index in [1.807, 2.05) is 5.32 Å².